The largest absolute Gasteiger partial charge is 0.459 e. The number of imide groups is 1. The van der Waals surface area contributed by atoms with Crippen LogP contribution in [0.3, 0.4) is 0 Å². The number of ether oxygens (including phenoxy) is 4. The molecular formula is C37H50N2O10. The Balaban J connectivity index is 1.07. The number of carbonyl (C=O) groups is 5. The van der Waals surface area contributed by atoms with E-state index in [2.05, 4.69) is 18.3 Å². The average molecular weight is 683 g/mol. The van der Waals surface area contributed by atoms with Crippen molar-refractivity contribution in [3.05, 3.63) is 48.1 Å². The minimum absolute atomic E-state index is 0.0278. The number of nitrogens with zero attached hydrogens (tertiary/aromatic N) is 1. The highest BCUT2D eigenvalue weighted by molar-refractivity contribution is 6.13. The van der Waals surface area contributed by atoms with E-state index in [1.54, 1.807) is 13.0 Å². The summed E-state index contributed by atoms with van der Waals surface area (Å²) in [6.07, 6.45) is 12.6. The molecular weight excluding hydrogens is 632 g/mol. The van der Waals surface area contributed by atoms with Crippen LogP contribution in [-0.4, -0.2) is 100 Å². The Labute approximate surface area is 287 Å². The second kappa shape index (κ2) is 15.6. The highest BCUT2D eigenvalue weighted by Crippen LogP contribution is 2.44. The topological polar surface area (TPSA) is 161 Å². The lowest BCUT2D eigenvalue weighted by Crippen LogP contribution is -2.50. The van der Waals surface area contributed by atoms with E-state index in [1.807, 2.05) is 26.0 Å². The van der Waals surface area contributed by atoms with Gasteiger partial charge in [0.1, 0.15) is 29.7 Å². The number of hydrogen-bond donors (Lipinski definition) is 2. The van der Waals surface area contributed by atoms with Gasteiger partial charge in [-0.05, 0) is 64.4 Å². The van der Waals surface area contributed by atoms with Crippen molar-refractivity contribution < 1.29 is 48.0 Å². The van der Waals surface area contributed by atoms with E-state index in [9.17, 15) is 29.1 Å². The van der Waals surface area contributed by atoms with Crippen LogP contribution in [-0.2, 0) is 42.9 Å². The number of rotatable bonds is 13. The number of esters is 1. The number of ketones is 1. The van der Waals surface area contributed by atoms with Gasteiger partial charge < -0.3 is 29.4 Å². The Hall–Kier alpha value is -3.45. The Morgan fingerprint density at radius 1 is 1.08 bits per heavy atom. The van der Waals surface area contributed by atoms with Gasteiger partial charge in [-0.3, -0.25) is 28.9 Å². The number of epoxide rings is 1. The van der Waals surface area contributed by atoms with Gasteiger partial charge in [-0.2, -0.15) is 0 Å². The normalized spacial score (nSPS) is 36.7. The number of amides is 3. The van der Waals surface area contributed by atoms with Crippen LogP contribution < -0.4 is 5.32 Å². The summed E-state index contributed by atoms with van der Waals surface area (Å²) < 4.78 is 23.2. The maximum absolute atomic E-state index is 13.0. The molecule has 0 unspecified atom stereocenters. The molecule has 0 aromatic heterocycles. The second-order valence-electron chi connectivity index (χ2n) is 14.5. The fourth-order valence-electron chi connectivity index (χ4n) is 7.40. The molecule has 0 aromatic carbocycles. The summed E-state index contributed by atoms with van der Waals surface area (Å²) in [5.74, 6) is -0.831. The number of aliphatic hydroxyl groups excluding tert-OH is 1. The molecule has 3 saturated heterocycles. The molecule has 1 aliphatic carbocycles. The maximum atomic E-state index is 13.0. The molecule has 12 nitrogen and oxygen atoms in total. The first kappa shape index (κ1) is 36.8. The number of allylic oxidation sites excluding steroid dienone is 2. The Morgan fingerprint density at radius 2 is 1.78 bits per heavy atom. The van der Waals surface area contributed by atoms with Crippen molar-refractivity contribution in [1.82, 2.24) is 10.2 Å². The van der Waals surface area contributed by atoms with Crippen LogP contribution in [0.25, 0.3) is 0 Å². The third-order valence-electron chi connectivity index (χ3n) is 10.3. The van der Waals surface area contributed by atoms with Crippen LogP contribution >= 0.6 is 0 Å². The third kappa shape index (κ3) is 9.42. The van der Waals surface area contributed by atoms with Crippen LogP contribution in [0, 0.1) is 11.8 Å². The van der Waals surface area contributed by atoms with Gasteiger partial charge in [0.15, 0.2) is 0 Å². The smallest absolute Gasteiger partial charge is 0.303 e. The monoisotopic (exact) mass is 682 g/mol. The van der Waals surface area contributed by atoms with Crippen molar-refractivity contribution in [3.63, 3.8) is 0 Å². The SMILES string of the molecule is CC(=O)O[C@@H](C)/C=C\C(=O)N[C@@H]1C[C@H](C)[C@H](C/C=C(C)/C=C/[C@H]2O[C@H](CC(=O)CC3CC(N4C(=O)C=CC4=O)C3)C[C@@]3(CO3)[C@@H]2O)O[C@@H]1C. The first-order valence-corrected chi connectivity index (χ1v) is 17.4. The summed E-state index contributed by atoms with van der Waals surface area (Å²) in [5.41, 5.74) is 0.292. The van der Waals surface area contributed by atoms with Crippen molar-refractivity contribution in [1.29, 1.82) is 0 Å². The molecule has 5 aliphatic rings. The number of nitrogens with one attached hydrogen (secondary N) is 1. The zero-order chi connectivity index (χ0) is 35.5. The zero-order valence-corrected chi connectivity index (χ0v) is 29.0. The van der Waals surface area contributed by atoms with Crippen LogP contribution in [0.2, 0.25) is 0 Å². The van der Waals surface area contributed by atoms with E-state index in [1.165, 1.54) is 30.1 Å². The summed E-state index contributed by atoms with van der Waals surface area (Å²) in [5, 5.41) is 14.0. The van der Waals surface area contributed by atoms with Gasteiger partial charge in [0.05, 0.1) is 31.0 Å². The lowest BCUT2D eigenvalue weighted by atomic mass is 9.75. The standard InChI is InChI=1S/C37H50N2O10/c1-21(6-9-31-22(2)14-30(24(4)48-31)38-33(42)11-8-23(3)47-25(5)40)7-10-32-36(45)37(20-46-37)19-29(49-32)18-28(41)17-26-15-27(16-26)39-34(43)12-13-35(39)44/h6-8,10-13,22-24,26-27,29-32,36,45H,9,14-20H2,1-5H3,(H,38,42)/b10-7+,11-8-,21-6+/t22-,23-,24+,26?,27?,29+,30+,31-,32+,36+,37+/m0/s1. The van der Waals surface area contributed by atoms with Gasteiger partial charge in [-0.25, -0.2) is 0 Å². The fourth-order valence-corrected chi connectivity index (χ4v) is 7.40. The number of Topliss-reactive ketones (excluding diaryl/α,β-unsaturated/α-hetero) is 1. The van der Waals surface area contributed by atoms with Gasteiger partial charge in [-0.1, -0.05) is 30.7 Å². The number of carbonyl (C=O) groups excluding carboxylic acids is 5. The van der Waals surface area contributed by atoms with Crippen molar-refractivity contribution in [2.75, 3.05) is 6.61 Å². The molecule has 4 heterocycles. The molecule has 4 aliphatic heterocycles. The zero-order valence-electron chi connectivity index (χ0n) is 29.0. The summed E-state index contributed by atoms with van der Waals surface area (Å²) in [7, 11) is 0. The molecule has 4 fully saturated rings. The second-order valence-corrected chi connectivity index (χ2v) is 14.5. The van der Waals surface area contributed by atoms with Crippen molar-refractivity contribution >= 4 is 29.5 Å². The van der Waals surface area contributed by atoms with E-state index < -0.39 is 29.9 Å². The molecule has 0 bridgehead atoms. The molecule has 1 spiro atoms. The van der Waals surface area contributed by atoms with Gasteiger partial charge in [0.2, 0.25) is 5.91 Å². The molecule has 0 aromatic rings. The minimum Gasteiger partial charge on any atom is -0.459 e. The molecule has 0 radical (unpaired) electrons. The summed E-state index contributed by atoms with van der Waals surface area (Å²) in [4.78, 5) is 61.6. The van der Waals surface area contributed by atoms with Crippen LogP contribution in [0.1, 0.15) is 79.6 Å². The Morgan fingerprint density at radius 3 is 2.43 bits per heavy atom. The molecule has 1 saturated carbocycles. The van der Waals surface area contributed by atoms with Crippen molar-refractivity contribution in [3.8, 4) is 0 Å². The van der Waals surface area contributed by atoms with E-state index >= 15 is 0 Å². The fraction of sp³-hybridized carbons (Fsp3) is 0.649. The molecule has 9 atom stereocenters. The quantitative estimate of drug-likeness (QED) is 0.0972. The lowest BCUT2D eigenvalue weighted by Gasteiger charge is -2.40. The van der Waals surface area contributed by atoms with Crippen LogP contribution in [0.5, 0.6) is 0 Å². The molecule has 49 heavy (non-hydrogen) atoms. The minimum atomic E-state index is -0.839. The van der Waals surface area contributed by atoms with Gasteiger partial charge in [-0.15, -0.1) is 0 Å². The molecule has 3 amide bonds. The molecule has 5 rings (SSSR count). The first-order valence-electron chi connectivity index (χ1n) is 17.4. The Kier molecular flexibility index (Phi) is 11.7. The summed E-state index contributed by atoms with van der Waals surface area (Å²) in [6, 6.07) is -0.282. The van der Waals surface area contributed by atoms with E-state index in [4.69, 9.17) is 18.9 Å². The predicted octanol–water partition coefficient (Wildman–Crippen LogP) is 3.03. The third-order valence-corrected chi connectivity index (χ3v) is 10.3. The highest BCUT2D eigenvalue weighted by Gasteiger charge is 2.58. The Bertz CT molecular complexity index is 1390. The number of aliphatic hydroxyl groups is 1. The van der Waals surface area contributed by atoms with E-state index in [-0.39, 0.29) is 72.2 Å². The van der Waals surface area contributed by atoms with Crippen LogP contribution in [0.15, 0.2) is 48.1 Å². The molecule has 268 valence electrons. The van der Waals surface area contributed by atoms with E-state index in [0.29, 0.717) is 38.7 Å². The van der Waals surface area contributed by atoms with Crippen molar-refractivity contribution in [2.45, 2.75) is 134 Å². The summed E-state index contributed by atoms with van der Waals surface area (Å²) in [6.45, 7) is 9.47. The summed E-state index contributed by atoms with van der Waals surface area (Å²) >= 11 is 0. The van der Waals surface area contributed by atoms with E-state index in [0.717, 1.165) is 12.0 Å². The molecule has 12 heteroatoms. The van der Waals surface area contributed by atoms with Crippen molar-refractivity contribution in [2.24, 2.45) is 11.8 Å². The molecule has 2 N–H and O–H groups in total. The van der Waals surface area contributed by atoms with Gasteiger partial charge in [0, 0.05) is 50.5 Å². The van der Waals surface area contributed by atoms with Gasteiger partial charge >= 0.3 is 5.97 Å². The number of hydrogen-bond acceptors (Lipinski definition) is 10. The maximum Gasteiger partial charge on any atom is 0.303 e. The predicted molar refractivity (Wildman–Crippen MR) is 178 cm³/mol. The first-order chi connectivity index (χ1) is 23.2. The highest BCUT2D eigenvalue weighted by atomic mass is 16.6. The van der Waals surface area contributed by atoms with Crippen LogP contribution in [0.4, 0.5) is 0 Å². The average Bonchev–Trinajstić information content (AvgIpc) is 3.71. The van der Waals surface area contributed by atoms with Gasteiger partial charge in [0.25, 0.3) is 11.8 Å². The lowest BCUT2D eigenvalue weighted by molar-refractivity contribution is -0.146.